The van der Waals surface area contributed by atoms with Crippen LogP contribution >= 0.6 is 0 Å². The lowest BCUT2D eigenvalue weighted by atomic mass is 9.64. The number of hydrogen-bond acceptors (Lipinski definition) is 3. The smallest absolute Gasteiger partial charge is 0.314 e. The Bertz CT molecular complexity index is 619. The molecule has 1 fully saturated rings. The van der Waals surface area contributed by atoms with Crippen LogP contribution in [0.15, 0.2) is 48.8 Å². The summed E-state index contributed by atoms with van der Waals surface area (Å²) in [5.74, 6) is -0.704. The van der Waals surface area contributed by atoms with Crippen LogP contribution in [0.25, 0.3) is 0 Å². The normalized spacial score (nSPS) is 16.0. The molecule has 1 aliphatic carbocycles. The van der Waals surface area contributed by atoms with Crippen molar-refractivity contribution < 1.29 is 9.90 Å². The van der Waals surface area contributed by atoms with Crippen molar-refractivity contribution in [3.8, 4) is 0 Å². The molecule has 0 unspecified atom stereocenters. The molecule has 1 heterocycles. The summed E-state index contributed by atoms with van der Waals surface area (Å²) in [6.45, 7) is 0.706. The van der Waals surface area contributed by atoms with Crippen molar-refractivity contribution in [2.24, 2.45) is 0 Å². The minimum atomic E-state index is -0.704. The Morgan fingerprint density at radius 3 is 2.52 bits per heavy atom. The van der Waals surface area contributed by atoms with Crippen LogP contribution in [0.1, 0.15) is 30.4 Å². The molecule has 0 atom stereocenters. The van der Waals surface area contributed by atoms with Crippen molar-refractivity contribution >= 4 is 11.7 Å². The van der Waals surface area contributed by atoms with Crippen LogP contribution in [0.3, 0.4) is 0 Å². The molecule has 21 heavy (non-hydrogen) atoms. The van der Waals surface area contributed by atoms with Crippen molar-refractivity contribution in [2.75, 3.05) is 5.32 Å². The third kappa shape index (κ3) is 2.61. The summed E-state index contributed by atoms with van der Waals surface area (Å²) in [5, 5.41) is 12.8. The number of nitrogens with one attached hydrogen (secondary N) is 1. The van der Waals surface area contributed by atoms with Gasteiger partial charge in [0.2, 0.25) is 0 Å². The number of aromatic nitrogens is 1. The molecule has 108 valence electrons. The fourth-order valence-corrected chi connectivity index (χ4v) is 2.77. The Kier molecular flexibility index (Phi) is 3.60. The molecule has 0 spiro atoms. The number of rotatable bonds is 5. The molecule has 2 N–H and O–H groups in total. The third-order valence-corrected chi connectivity index (χ3v) is 4.27. The van der Waals surface area contributed by atoms with Gasteiger partial charge in [0.1, 0.15) is 0 Å². The van der Waals surface area contributed by atoms with Crippen LogP contribution in [0.4, 0.5) is 5.69 Å². The predicted octanol–water partition coefficient (Wildman–Crippen LogP) is 3.20. The van der Waals surface area contributed by atoms with Crippen LogP contribution in [0.5, 0.6) is 0 Å². The fraction of sp³-hybridized carbons (Fsp3) is 0.294. The van der Waals surface area contributed by atoms with Crippen molar-refractivity contribution in [2.45, 2.75) is 31.2 Å². The van der Waals surface area contributed by atoms with E-state index in [0.717, 1.165) is 36.1 Å². The van der Waals surface area contributed by atoms with Crippen LogP contribution in [0, 0.1) is 0 Å². The molecule has 1 saturated carbocycles. The van der Waals surface area contributed by atoms with Gasteiger partial charge >= 0.3 is 5.97 Å². The second kappa shape index (κ2) is 5.56. The Balaban J connectivity index is 1.68. The molecule has 0 amide bonds. The van der Waals surface area contributed by atoms with Gasteiger partial charge in [-0.2, -0.15) is 0 Å². The first-order valence-electron chi connectivity index (χ1n) is 7.17. The highest BCUT2D eigenvalue weighted by Gasteiger charge is 2.45. The average Bonchev–Trinajstić information content (AvgIpc) is 2.46. The summed E-state index contributed by atoms with van der Waals surface area (Å²) in [6, 6.07) is 11.7. The summed E-state index contributed by atoms with van der Waals surface area (Å²) < 4.78 is 0. The van der Waals surface area contributed by atoms with Crippen molar-refractivity contribution in [1.82, 2.24) is 4.98 Å². The van der Waals surface area contributed by atoms with Gasteiger partial charge in [-0.05, 0) is 42.2 Å². The van der Waals surface area contributed by atoms with Gasteiger partial charge < -0.3 is 10.4 Å². The van der Waals surface area contributed by atoms with Gasteiger partial charge in [0.15, 0.2) is 0 Å². The number of carbonyl (C=O) groups is 1. The first-order chi connectivity index (χ1) is 10.2. The van der Waals surface area contributed by atoms with E-state index in [1.807, 2.05) is 42.6 Å². The molecule has 0 saturated heterocycles. The van der Waals surface area contributed by atoms with E-state index in [1.54, 1.807) is 6.20 Å². The standard InChI is InChI=1S/C17H18N2O2/c20-16(21)17(8-2-9-17)14-4-6-15(7-5-14)19-12-13-3-1-10-18-11-13/h1,3-7,10-11,19H,2,8-9,12H2,(H,20,21). The highest BCUT2D eigenvalue weighted by Crippen LogP contribution is 2.44. The lowest BCUT2D eigenvalue weighted by Crippen LogP contribution is -2.42. The van der Waals surface area contributed by atoms with Gasteiger partial charge in [-0.15, -0.1) is 0 Å². The Morgan fingerprint density at radius 2 is 2.00 bits per heavy atom. The van der Waals surface area contributed by atoms with Gasteiger partial charge in [0.05, 0.1) is 5.41 Å². The van der Waals surface area contributed by atoms with Gasteiger partial charge in [0.25, 0.3) is 0 Å². The Labute approximate surface area is 123 Å². The summed E-state index contributed by atoms with van der Waals surface area (Å²) in [5.41, 5.74) is 2.36. The maximum Gasteiger partial charge on any atom is 0.314 e. The molecule has 4 heteroatoms. The van der Waals surface area contributed by atoms with Crippen LogP contribution < -0.4 is 5.32 Å². The first-order valence-corrected chi connectivity index (χ1v) is 7.17. The third-order valence-electron chi connectivity index (χ3n) is 4.27. The lowest BCUT2D eigenvalue weighted by molar-refractivity contribution is -0.147. The maximum absolute atomic E-state index is 11.5. The maximum atomic E-state index is 11.5. The number of aliphatic carboxylic acids is 1. The van der Waals surface area contributed by atoms with Gasteiger partial charge in [-0.25, -0.2) is 0 Å². The van der Waals surface area contributed by atoms with Crippen molar-refractivity contribution in [3.05, 3.63) is 59.9 Å². The van der Waals surface area contributed by atoms with E-state index >= 15 is 0 Å². The van der Waals surface area contributed by atoms with Crippen molar-refractivity contribution in [3.63, 3.8) is 0 Å². The second-order valence-electron chi connectivity index (χ2n) is 5.53. The number of anilines is 1. The van der Waals surface area contributed by atoms with E-state index in [0.29, 0.717) is 6.54 Å². The summed E-state index contributed by atoms with van der Waals surface area (Å²) >= 11 is 0. The Morgan fingerprint density at radius 1 is 1.24 bits per heavy atom. The highest BCUT2D eigenvalue weighted by molar-refractivity contribution is 5.82. The molecule has 0 aliphatic heterocycles. The van der Waals surface area contributed by atoms with Crippen LogP contribution in [-0.2, 0) is 16.8 Å². The Hall–Kier alpha value is -2.36. The van der Waals surface area contributed by atoms with Crippen LogP contribution in [-0.4, -0.2) is 16.1 Å². The van der Waals surface area contributed by atoms with E-state index in [4.69, 9.17) is 0 Å². The van der Waals surface area contributed by atoms with Gasteiger partial charge in [-0.3, -0.25) is 9.78 Å². The van der Waals surface area contributed by atoms with E-state index < -0.39 is 11.4 Å². The molecule has 3 rings (SSSR count). The molecule has 1 aromatic carbocycles. The SMILES string of the molecule is O=C(O)C1(c2ccc(NCc3cccnc3)cc2)CCC1. The van der Waals surface area contributed by atoms with E-state index in [2.05, 4.69) is 10.3 Å². The highest BCUT2D eigenvalue weighted by atomic mass is 16.4. The summed E-state index contributed by atoms with van der Waals surface area (Å²) in [6.07, 6.45) is 6.06. The zero-order valence-electron chi connectivity index (χ0n) is 11.7. The fourth-order valence-electron chi connectivity index (χ4n) is 2.77. The molecular weight excluding hydrogens is 264 g/mol. The average molecular weight is 282 g/mol. The van der Waals surface area contributed by atoms with Crippen molar-refractivity contribution in [1.29, 1.82) is 0 Å². The monoisotopic (exact) mass is 282 g/mol. The quantitative estimate of drug-likeness (QED) is 0.884. The minimum Gasteiger partial charge on any atom is -0.481 e. The molecule has 1 aromatic heterocycles. The van der Waals surface area contributed by atoms with E-state index in [9.17, 15) is 9.90 Å². The molecule has 4 nitrogen and oxygen atoms in total. The molecular formula is C17H18N2O2. The molecule has 0 bridgehead atoms. The number of hydrogen-bond donors (Lipinski definition) is 2. The zero-order valence-corrected chi connectivity index (χ0v) is 11.7. The summed E-state index contributed by atoms with van der Waals surface area (Å²) in [4.78, 5) is 15.6. The number of benzene rings is 1. The van der Waals surface area contributed by atoms with Gasteiger partial charge in [-0.1, -0.05) is 24.6 Å². The number of carboxylic acids is 1. The molecule has 2 aromatic rings. The molecule has 0 radical (unpaired) electrons. The largest absolute Gasteiger partial charge is 0.481 e. The second-order valence-corrected chi connectivity index (χ2v) is 5.53. The zero-order chi connectivity index (χ0) is 14.7. The van der Waals surface area contributed by atoms with E-state index in [-0.39, 0.29) is 0 Å². The van der Waals surface area contributed by atoms with Gasteiger partial charge in [0, 0.05) is 24.6 Å². The van der Waals surface area contributed by atoms with Crippen LogP contribution in [0.2, 0.25) is 0 Å². The number of carboxylic acid groups (broad SMARTS) is 1. The predicted molar refractivity (Wildman–Crippen MR) is 81.2 cm³/mol. The minimum absolute atomic E-state index is 0.651. The first kappa shape index (κ1) is 13.6. The molecule has 1 aliphatic rings. The van der Waals surface area contributed by atoms with E-state index in [1.165, 1.54) is 0 Å². The lowest BCUT2D eigenvalue weighted by Gasteiger charge is -2.38. The summed E-state index contributed by atoms with van der Waals surface area (Å²) in [7, 11) is 0. The topological polar surface area (TPSA) is 62.2 Å². The number of pyridine rings is 1. The number of nitrogens with zero attached hydrogens (tertiary/aromatic N) is 1.